The average Bonchev–Trinajstić information content (AvgIpc) is 2.26. The third-order valence-electron chi connectivity index (χ3n) is 3.64. The minimum atomic E-state index is -0.432. The van der Waals surface area contributed by atoms with Gasteiger partial charge in [-0.2, -0.15) is 0 Å². The molecule has 0 amide bonds. The van der Waals surface area contributed by atoms with Crippen molar-refractivity contribution in [3.63, 3.8) is 0 Å². The molecule has 0 saturated carbocycles. The third kappa shape index (κ3) is 2.32. The number of fused-ring (bicyclic) bond motifs is 1. The van der Waals surface area contributed by atoms with Crippen molar-refractivity contribution in [2.45, 2.75) is 51.4 Å². The first-order valence-electron chi connectivity index (χ1n) is 6.08. The Kier molecular flexibility index (Phi) is 3.17. The normalized spacial score (nSPS) is 35.3. The maximum absolute atomic E-state index is 11.5. The fourth-order valence-corrected chi connectivity index (χ4v) is 2.66. The minimum absolute atomic E-state index is 0.0448. The lowest BCUT2D eigenvalue weighted by molar-refractivity contribution is -0.162. The summed E-state index contributed by atoms with van der Waals surface area (Å²) in [6, 6.07) is 0. The van der Waals surface area contributed by atoms with Gasteiger partial charge < -0.3 is 14.2 Å². The Morgan fingerprint density at radius 2 is 2.18 bits per heavy atom. The van der Waals surface area contributed by atoms with Gasteiger partial charge in [0, 0.05) is 5.92 Å². The Bertz CT molecular complexity index is 345. The van der Waals surface area contributed by atoms with E-state index in [4.69, 9.17) is 14.2 Å². The molecule has 3 atom stereocenters. The second-order valence-electron chi connectivity index (χ2n) is 5.32. The van der Waals surface area contributed by atoms with Crippen molar-refractivity contribution >= 4 is 5.97 Å². The second kappa shape index (κ2) is 4.33. The molecule has 1 fully saturated rings. The summed E-state index contributed by atoms with van der Waals surface area (Å²) in [5, 5.41) is 0. The summed E-state index contributed by atoms with van der Waals surface area (Å²) in [4.78, 5) is 11.5. The highest BCUT2D eigenvalue weighted by Crippen LogP contribution is 2.40. The van der Waals surface area contributed by atoms with E-state index in [1.54, 1.807) is 6.08 Å². The zero-order chi connectivity index (χ0) is 12.6. The molecule has 0 radical (unpaired) electrons. The highest BCUT2D eigenvalue weighted by molar-refractivity contribution is 5.86. The zero-order valence-electron chi connectivity index (χ0n) is 10.9. The summed E-state index contributed by atoms with van der Waals surface area (Å²) in [6.07, 6.45) is 4.05. The van der Waals surface area contributed by atoms with E-state index in [1.807, 2.05) is 13.8 Å². The van der Waals surface area contributed by atoms with Crippen molar-refractivity contribution in [2.24, 2.45) is 5.92 Å². The Morgan fingerprint density at radius 3 is 2.82 bits per heavy atom. The van der Waals surface area contributed by atoms with Crippen molar-refractivity contribution < 1.29 is 19.0 Å². The Hall–Kier alpha value is -1.03. The van der Waals surface area contributed by atoms with Gasteiger partial charge in [0.1, 0.15) is 5.60 Å². The van der Waals surface area contributed by atoms with Crippen molar-refractivity contribution in [1.29, 1.82) is 0 Å². The van der Waals surface area contributed by atoms with E-state index in [9.17, 15) is 4.79 Å². The first-order valence-corrected chi connectivity index (χ1v) is 6.08. The van der Waals surface area contributed by atoms with Gasteiger partial charge in [-0.3, -0.25) is 0 Å². The molecule has 2 aliphatic heterocycles. The van der Waals surface area contributed by atoms with Crippen LogP contribution in [0.1, 0.15) is 33.6 Å². The molecule has 2 heterocycles. The molecule has 0 bridgehead atoms. The van der Waals surface area contributed by atoms with Gasteiger partial charge in [-0.1, -0.05) is 0 Å². The Balaban J connectivity index is 2.26. The molecule has 4 heteroatoms. The number of methoxy groups -OCH3 is 1. The summed E-state index contributed by atoms with van der Waals surface area (Å²) in [7, 11) is 1.36. The molecule has 0 aromatic carbocycles. The van der Waals surface area contributed by atoms with Crippen LogP contribution in [0.4, 0.5) is 0 Å². The maximum Gasteiger partial charge on any atom is 0.373 e. The van der Waals surface area contributed by atoms with Crippen LogP contribution in [0.15, 0.2) is 11.8 Å². The molecule has 0 unspecified atom stereocenters. The standard InChI is InChI=1S/C13H20O4/c1-8-5-6-9-10(16-8)7-11(12(14)15-4)17-13(9,2)3/h7-10H,5-6H2,1-4H3/t8-,9-,10+/m0/s1. The smallest absolute Gasteiger partial charge is 0.373 e. The average molecular weight is 240 g/mol. The van der Waals surface area contributed by atoms with Gasteiger partial charge >= 0.3 is 5.97 Å². The molecule has 0 aliphatic carbocycles. The molecule has 0 N–H and O–H groups in total. The SMILES string of the molecule is COC(=O)C1=C[C@H]2O[C@@H](C)CC[C@@H]2C(C)(C)O1. The Morgan fingerprint density at radius 1 is 1.47 bits per heavy atom. The molecule has 0 aromatic rings. The molecule has 96 valence electrons. The summed E-state index contributed by atoms with van der Waals surface area (Å²) in [5.41, 5.74) is -0.386. The lowest BCUT2D eigenvalue weighted by Crippen LogP contribution is -2.49. The molecule has 4 nitrogen and oxygen atoms in total. The van der Waals surface area contributed by atoms with E-state index >= 15 is 0 Å². The van der Waals surface area contributed by atoms with Crippen LogP contribution in [0.5, 0.6) is 0 Å². The lowest BCUT2D eigenvalue weighted by atomic mass is 9.78. The van der Waals surface area contributed by atoms with Gasteiger partial charge in [0.2, 0.25) is 5.76 Å². The maximum atomic E-state index is 11.5. The molecule has 0 spiro atoms. The molecule has 1 saturated heterocycles. The zero-order valence-corrected chi connectivity index (χ0v) is 10.9. The van der Waals surface area contributed by atoms with Crippen LogP contribution in [-0.2, 0) is 19.0 Å². The van der Waals surface area contributed by atoms with Crippen LogP contribution in [0.25, 0.3) is 0 Å². The van der Waals surface area contributed by atoms with Crippen LogP contribution < -0.4 is 0 Å². The number of ether oxygens (including phenoxy) is 3. The van der Waals surface area contributed by atoms with Crippen molar-refractivity contribution in [3.05, 3.63) is 11.8 Å². The summed E-state index contributed by atoms with van der Waals surface area (Å²) >= 11 is 0. The number of carbonyl (C=O) groups excluding carboxylic acids is 1. The number of carbonyl (C=O) groups is 1. The van der Waals surface area contributed by atoms with Crippen molar-refractivity contribution in [1.82, 2.24) is 0 Å². The van der Waals surface area contributed by atoms with E-state index in [2.05, 4.69) is 6.92 Å². The highest BCUT2D eigenvalue weighted by atomic mass is 16.6. The van der Waals surface area contributed by atoms with E-state index in [0.29, 0.717) is 5.92 Å². The molecule has 0 aromatic heterocycles. The fraction of sp³-hybridized carbons (Fsp3) is 0.769. The summed E-state index contributed by atoms with van der Waals surface area (Å²) in [5.74, 6) is 0.137. The quantitative estimate of drug-likeness (QED) is 0.658. The van der Waals surface area contributed by atoms with Gasteiger partial charge in [0.25, 0.3) is 0 Å². The van der Waals surface area contributed by atoms with Gasteiger partial charge in [-0.05, 0) is 39.7 Å². The lowest BCUT2D eigenvalue weighted by Gasteiger charge is -2.46. The minimum Gasteiger partial charge on any atom is -0.480 e. The molecule has 17 heavy (non-hydrogen) atoms. The Labute approximate surface area is 102 Å². The van der Waals surface area contributed by atoms with Crippen molar-refractivity contribution in [2.75, 3.05) is 7.11 Å². The number of hydrogen-bond acceptors (Lipinski definition) is 4. The van der Waals surface area contributed by atoms with Crippen LogP contribution in [0.3, 0.4) is 0 Å². The predicted molar refractivity (Wildman–Crippen MR) is 62.3 cm³/mol. The monoisotopic (exact) mass is 240 g/mol. The molecular formula is C13H20O4. The largest absolute Gasteiger partial charge is 0.480 e. The van der Waals surface area contributed by atoms with Gasteiger partial charge in [0.15, 0.2) is 0 Å². The molecule has 2 rings (SSSR count). The topological polar surface area (TPSA) is 44.8 Å². The highest BCUT2D eigenvalue weighted by Gasteiger charge is 2.45. The molecule has 2 aliphatic rings. The number of hydrogen-bond donors (Lipinski definition) is 0. The second-order valence-corrected chi connectivity index (χ2v) is 5.32. The van der Waals surface area contributed by atoms with Gasteiger partial charge in [-0.15, -0.1) is 0 Å². The van der Waals surface area contributed by atoms with Gasteiger partial charge in [-0.25, -0.2) is 4.79 Å². The van der Waals surface area contributed by atoms with Crippen LogP contribution in [0, 0.1) is 5.92 Å². The summed E-state index contributed by atoms with van der Waals surface area (Å²) in [6.45, 7) is 6.06. The fourth-order valence-electron chi connectivity index (χ4n) is 2.66. The van der Waals surface area contributed by atoms with E-state index in [1.165, 1.54) is 7.11 Å². The first kappa shape index (κ1) is 12.4. The van der Waals surface area contributed by atoms with Gasteiger partial charge in [0.05, 0.1) is 19.3 Å². The van der Waals surface area contributed by atoms with Crippen molar-refractivity contribution in [3.8, 4) is 0 Å². The first-order chi connectivity index (χ1) is 7.94. The summed E-state index contributed by atoms with van der Waals surface area (Å²) < 4.78 is 16.3. The van der Waals surface area contributed by atoms with Crippen LogP contribution in [-0.4, -0.2) is 30.9 Å². The third-order valence-corrected chi connectivity index (χ3v) is 3.64. The van der Waals surface area contributed by atoms with Crippen LogP contribution >= 0.6 is 0 Å². The van der Waals surface area contributed by atoms with E-state index < -0.39 is 5.97 Å². The number of rotatable bonds is 1. The number of esters is 1. The van der Waals surface area contributed by atoms with E-state index in [0.717, 1.165) is 12.8 Å². The molecular weight excluding hydrogens is 220 g/mol. The van der Waals surface area contributed by atoms with Crippen LogP contribution in [0.2, 0.25) is 0 Å². The van der Waals surface area contributed by atoms with E-state index in [-0.39, 0.29) is 23.6 Å². The predicted octanol–water partition coefficient (Wildman–Crippen LogP) is 2.04.